The third kappa shape index (κ3) is 1.50. The third-order valence-electron chi connectivity index (χ3n) is 2.58. The van der Waals surface area contributed by atoms with Crippen LogP contribution in [0.2, 0.25) is 0 Å². The molecule has 0 atom stereocenters. The number of hydrogen-bond acceptors (Lipinski definition) is 1. The summed E-state index contributed by atoms with van der Waals surface area (Å²) in [5.74, 6) is -0.513. The van der Waals surface area contributed by atoms with Crippen LogP contribution in [0.4, 0.5) is 13.2 Å². The van der Waals surface area contributed by atoms with Crippen LogP contribution in [-0.2, 0) is 5.54 Å². The Hall–Kier alpha value is -1.03. The Labute approximate surface area is 79.7 Å². The number of alkyl halides is 2. The average Bonchev–Trinajstić information content (AvgIpc) is 2.84. The van der Waals surface area contributed by atoms with Gasteiger partial charge < -0.3 is 5.73 Å². The first-order chi connectivity index (χ1) is 6.53. The minimum absolute atomic E-state index is 0.147. The van der Waals surface area contributed by atoms with Crippen LogP contribution >= 0.6 is 0 Å². The normalized spacial score (nSPS) is 18.6. The Morgan fingerprint density at radius 2 is 1.93 bits per heavy atom. The number of hydrogen-bond donors (Lipinski definition) is 1. The van der Waals surface area contributed by atoms with Crippen LogP contribution in [0.1, 0.15) is 30.4 Å². The molecule has 14 heavy (non-hydrogen) atoms. The van der Waals surface area contributed by atoms with E-state index in [1.165, 1.54) is 0 Å². The van der Waals surface area contributed by atoms with Gasteiger partial charge in [0, 0.05) is 11.1 Å². The minimum Gasteiger partial charge on any atom is -0.321 e. The van der Waals surface area contributed by atoms with Gasteiger partial charge in [-0.25, -0.2) is 13.2 Å². The van der Waals surface area contributed by atoms with E-state index in [2.05, 4.69) is 0 Å². The van der Waals surface area contributed by atoms with E-state index in [0.717, 1.165) is 18.2 Å². The molecule has 1 aromatic rings. The predicted octanol–water partition coefficient (Wildman–Crippen LogP) is 2.71. The first-order valence-corrected chi connectivity index (χ1v) is 4.40. The first-order valence-electron chi connectivity index (χ1n) is 4.40. The van der Waals surface area contributed by atoms with Gasteiger partial charge in [-0.2, -0.15) is 0 Å². The predicted molar refractivity (Wildman–Crippen MR) is 46.5 cm³/mol. The summed E-state index contributed by atoms with van der Waals surface area (Å²) < 4.78 is 37.9. The molecule has 0 aliphatic heterocycles. The fraction of sp³-hybridized carbons (Fsp3) is 0.400. The molecule has 1 nitrogen and oxygen atoms in total. The molecular formula is C10H10F3N. The van der Waals surface area contributed by atoms with Crippen LogP contribution in [-0.4, -0.2) is 0 Å². The van der Waals surface area contributed by atoms with Crippen molar-refractivity contribution in [3.8, 4) is 0 Å². The van der Waals surface area contributed by atoms with Crippen molar-refractivity contribution in [1.29, 1.82) is 0 Å². The monoisotopic (exact) mass is 201 g/mol. The maximum Gasteiger partial charge on any atom is 0.264 e. The van der Waals surface area contributed by atoms with Crippen molar-refractivity contribution in [3.63, 3.8) is 0 Å². The van der Waals surface area contributed by atoms with E-state index in [0.29, 0.717) is 12.8 Å². The Kier molecular flexibility index (Phi) is 2.03. The van der Waals surface area contributed by atoms with Crippen molar-refractivity contribution in [2.24, 2.45) is 5.73 Å². The van der Waals surface area contributed by atoms with Crippen molar-refractivity contribution in [1.82, 2.24) is 0 Å². The fourth-order valence-corrected chi connectivity index (χ4v) is 1.55. The molecule has 0 bridgehead atoms. The summed E-state index contributed by atoms with van der Waals surface area (Å²) in [7, 11) is 0. The zero-order valence-electron chi connectivity index (χ0n) is 7.43. The number of benzene rings is 1. The Balaban J connectivity index is 2.49. The molecule has 0 heterocycles. The second-order valence-electron chi connectivity index (χ2n) is 3.69. The Bertz CT molecular complexity index is 358. The van der Waals surface area contributed by atoms with E-state index < -0.39 is 17.8 Å². The van der Waals surface area contributed by atoms with Crippen molar-refractivity contribution in [3.05, 3.63) is 35.1 Å². The summed E-state index contributed by atoms with van der Waals surface area (Å²) in [5.41, 5.74) is 5.17. The molecule has 4 heteroatoms. The molecule has 2 rings (SSSR count). The summed E-state index contributed by atoms with van der Waals surface area (Å²) in [4.78, 5) is 0. The van der Waals surface area contributed by atoms with E-state index in [-0.39, 0.29) is 11.1 Å². The highest BCUT2D eigenvalue weighted by atomic mass is 19.3. The second-order valence-corrected chi connectivity index (χ2v) is 3.69. The van der Waals surface area contributed by atoms with Gasteiger partial charge in [-0.05, 0) is 30.5 Å². The molecule has 0 radical (unpaired) electrons. The van der Waals surface area contributed by atoms with Gasteiger partial charge in [0.25, 0.3) is 6.43 Å². The topological polar surface area (TPSA) is 26.0 Å². The molecular weight excluding hydrogens is 191 g/mol. The van der Waals surface area contributed by atoms with Gasteiger partial charge in [-0.15, -0.1) is 0 Å². The summed E-state index contributed by atoms with van der Waals surface area (Å²) in [6.07, 6.45) is -1.29. The van der Waals surface area contributed by atoms with E-state index in [4.69, 9.17) is 5.73 Å². The molecule has 1 saturated carbocycles. The van der Waals surface area contributed by atoms with Crippen LogP contribution in [0.3, 0.4) is 0 Å². The lowest BCUT2D eigenvalue weighted by Gasteiger charge is -2.14. The summed E-state index contributed by atoms with van der Waals surface area (Å²) in [5, 5.41) is 0. The largest absolute Gasteiger partial charge is 0.321 e. The first kappa shape index (κ1) is 9.52. The van der Waals surface area contributed by atoms with Crippen LogP contribution in [0, 0.1) is 5.82 Å². The van der Waals surface area contributed by atoms with Crippen molar-refractivity contribution >= 4 is 0 Å². The van der Waals surface area contributed by atoms with Gasteiger partial charge in [-0.1, -0.05) is 6.07 Å². The highest BCUT2D eigenvalue weighted by Gasteiger charge is 2.42. The minimum atomic E-state index is -2.59. The van der Waals surface area contributed by atoms with Gasteiger partial charge in [0.15, 0.2) is 0 Å². The molecule has 1 aliphatic rings. The molecule has 1 aliphatic carbocycles. The molecule has 0 aromatic heterocycles. The lowest BCUT2D eigenvalue weighted by Crippen LogP contribution is -2.21. The second kappa shape index (κ2) is 2.98. The lowest BCUT2D eigenvalue weighted by atomic mass is 9.99. The molecule has 76 valence electrons. The molecule has 0 amide bonds. The number of rotatable bonds is 2. The average molecular weight is 201 g/mol. The third-order valence-corrected chi connectivity index (χ3v) is 2.58. The number of halogens is 3. The standard InChI is InChI=1S/C10H10F3N/c11-6-1-2-7(9(12)13)8(5-6)10(14)3-4-10/h1-2,5,9H,3-4,14H2. The molecule has 2 N–H and O–H groups in total. The molecule has 0 spiro atoms. The van der Waals surface area contributed by atoms with Gasteiger partial charge in [-0.3, -0.25) is 0 Å². The fourth-order valence-electron chi connectivity index (χ4n) is 1.55. The highest BCUT2D eigenvalue weighted by molar-refractivity contribution is 5.38. The molecule has 0 unspecified atom stereocenters. The van der Waals surface area contributed by atoms with Crippen molar-refractivity contribution in [2.45, 2.75) is 24.8 Å². The van der Waals surface area contributed by atoms with Crippen LogP contribution in [0.5, 0.6) is 0 Å². The van der Waals surface area contributed by atoms with Crippen molar-refractivity contribution in [2.75, 3.05) is 0 Å². The summed E-state index contributed by atoms with van der Waals surface area (Å²) in [6.45, 7) is 0. The maximum absolute atomic E-state index is 12.9. The van der Waals surface area contributed by atoms with Crippen LogP contribution in [0.25, 0.3) is 0 Å². The van der Waals surface area contributed by atoms with Gasteiger partial charge >= 0.3 is 0 Å². The van der Waals surface area contributed by atoms with Crippen molar-refractivity contribution < 1.29 is 13.2 Å². The summed E-state index contributed by atoms with van der Waals surface area (Å²) in [6, 6.07) is 3.27. The lowest BCUT2D eigenvalue weighted by molar-refractivity contribution is 0.149. The van der Waals surface area contributed by atoms with Crippen LogP contribution < -0.4 is 5.73 Å². The Morgan fingerprint density at radius 3 is 2.43 bits per heavy atom. The van der Waals surface area contributed by atoms with E-state index in [1.807, 2.05) is 0 Å². The molecule has 0 saturated heterocycles. The smallest absolute Gasteiger partial charge is 0.264 e. The molecule has 1 aromatic carbocycles. The highest BCUT2D eigenvalue weighted by Crippen LogP contribution is 2.46. The molecule has 1 fully saturated rings. The van der Waals surface area contributed by atoms with E-state index in [9.17, 15) is 13.2 Å². The quantitative estimate of drug-likeness (QED) is 0.782. The SMILES string of the molecule is NC1(c2cc(F)ccc2C(F)F)CC1. The van der Waals surface area contributed by atoms with Gasteiger partial charge in [0.1, 0.15) is 5.82 Å². The van der Waals surface area contributed by atoms with Gasteiger partial charge in [0.05, 0.1) is 0 Å². The summed E-state index contributed by atoms with van der Waals surface area (Å²) >= 11 is 0. The van der Waals surface area contributed by atoms with E-state index in [1.54, 1.807) is 0 Å². The van der Waals surface area contributed by atoms with Gasteiger partial charge in [0.2, 0.25) is 0 Å². The Morgan fingerprint density at radius 1 is 1.29 bits per heavy atom. The van der Waals surface area contributed by atoms with Crippen LogP contribution in [0.15, 0.2) is 18.2 Å². The zero-order chi connectivity index (χ0) is 10.3. The number of nitrogens with two attached hydrogens (primary N) is 1. The van der Waals surface area contributed by atoms with E-state index >= 15 is 0 Å². The maximum atomic E-state index is 12.9. The zero-order valence-corrected chi connectivity index (χ0v) is 7.43.